The molecule has 0 saturated heterocycles. The highest BCUT2D eigenvalue weighted by molar-refractivity contribution is 5.86. The number of hydrogen-bond donors (Lipinski definition) is 2. The van der Waals surface area contributed by atoms with Gasteiger partial charge in [-0.3, -0.25) is 9.78 Å². The molecule has 0 spiro atoms. The maximum Gasteiger partial charge on any atom is 0.224 e. The Kier molecular flexibility index (Phi) is 6.32. The number of amides is 1. The second-order valence-electron chi connectivity index (χ2n) is 6.44. The summed E-state index contributed by atoms with van der Waals surface area (Å²) < 4.78 is 0. The third-order valence-electron chi connectivity index (χ3n) is 4.92. The molecule has 24 heavy (non-hydrogen) atoms. The zero-order chi connectivity index (χ0) is 17.7. The van der Waals surface area contributed by atoms with E-state index < -0.39 is 6.10 Å². The van der Waals surface area contributed by atoms with Crippen LogP contribution in [0.25, 0.3) is 10.9 Å². The molecule has 1 heterocycles. The van der Waals surface area contributed by atoms with Gasteiger partial charge in [0.25, 0.3) is 0 Å². The first-order chi connectivity index (χ1) is 11.5. The van der Waals surface area contributed by atoms with Crippen LogP contribution in [0.2, 0.25) is 0 Å². The molecule has 1 aromatic heterocycles. The summed E-state index contributed by atoms with van der Waals surface area (Å²) in [5.74, 6) is 0.166. The fourth-order valence-electron chi connectivity index (χ4n) is 3.27. The van der Waals surface area contributed by atoms with Gasteiger partial charge in [-0.05, 0) is 37.0 Å². The quantitative estimate of drug-likeness (QED) is 0.820. The van der Waals surface area contributed by atoms with Crippen molar-refractivity contribution in [2.45, 2.75) is 53.1 Å². The SMILES string of the molecule is CCC(CC)C(O)CNC(=O)Cc1c(C)nc2ccccc2c1C. The highest BCUT2D eigenvalue weighted by atomic mass is 16.3. The number of nitrogens with zero attached hydrogens (tertiary/aromatic N) is 1. The number of carbonyl (C=O) groups excluding carboxylic acids is 1. The van der Waals surface area contributed by atoms with Crippen molar-refractivity contribution in [2.75, 3.05) is 6.54 Å². The van der Waals surface area contributed by atoms with E-state index in [0.29, 0.717) is 13.0 Å². The van der Waals surface area contributed by atoms with Crippen LogP contribution in [0.3, 0.4) is 0 Å². The molecule has 4 heteroatoms. The monoisotopic (exact) mass is 328 g/mol. The lowest BCUT2D eigenvalue weighted by molar-refractivity contribution is -0.121. The lowest BCUT2D eigenvalue weighted by Crippen LogP contribution is -2.37. The van der Waals surface area contributed by atoms with Gasteiger partial charge in [-0.15, -0.1) is 0 Å². The van der Waals surface area contributed by atoms with Crippen molar-refractivity contribution in [3.63, 3.8) is 0 Å². The molecule has 2 rings (SSSR count). The molecule has 2 aromatic rings. The molecule has 1 atom stereocenters. The van der Waals surface area contributed by atoms with Crippen LogP contribution >= 0.6 is 0 Å². The van der Waals surface area contributed by atoms with Crippen molar-refractivity contribution in [1.82, 2.24) is 10.3 Å². The first-order valence-corrected chi connectivity index (χ1v) is 8.77. The summed E-state index contributed by atoms with van der Waals surface area (Å²) >= 11 is 0. The van der Waals surface area contributed by atoms with Crippen molar-refractivity contribution in [3.8, 4) is 0 Å². The van der Waals surface area contributed by atoms with E-state index in [2.05, 4.69) is 24.1 Å². The number of aryl methyl sites for hydroxylation is 2. The van der Waals surface area contributed by atoms with E-state index in [-0.39, 0.29) is 11.8 Å². The van der Waals surface area contributed by atoms with Crippen LogP contribution in [-0.2, 0) is 11.2 Å². The zero-order valence-electron chi connectivity index (χ0n) is 15.1. The number of aromatic nitrogens is 1. The van der Waals surface area contributed by atoms with Gasteiger partial charge in [-0.2, -0.15) is 0 Å². The van der Waals surface area contributed by atoms with Gasteiger partial charge >= 0.3 is 0 Å². The Morgan fingerprint density at radius 2 is 1.88 bits per heavy atom. The van der Waals surface area contributed by atoms with Gasteiger partial charge in [0.15, 0.2) is 0 Å². The molecule has 1 amide bonds. The van der Waals surface area contributed by atoms with Crippen LogP contribution in [0.5, 0.6) is 0 Å². The molecule has 0 radical (unpaired) electrons. The molecule has 2 N–H and O–H groups in total. The third kappa shape index (κ3) is 4.12. The Balaban J connectivity index is 2.08. The summed E-state index contributed by atoms with van der Waals surface area (Å²) in [5, 5.41) is 14.1. The second-order valence-corrected chi connectivity index (χ2v) is 6.44. The molecule has 0 aliphatic heterocycles. The topological polar surface area (TPSA) is 62.2 Å². The average Bonchev–Trinajstić information content (AvgIpc) is 2.58. The number of nitrogens with one attached hydrogen (secondary N) is 1. The van der Waals surface area contributed by atoms with Crippen LogP contribution < -0.4 is 5.32 Å². The summed E-state index contributed by atoms with van der Waals surface area (Å²) in [7, 11) is 0. The number of hydrogen-bond acceptors (Lipinski definition) is 3. The van der Waals surface area contributed by atoms with Crippen molar-refractivity contribution in [2.24, 2.45) is 5.92 Å². The molecule has 0 saturated carbocycles. The number of rotatable bonds is 7. The Labute approximate surface area is 144 Å². The number of pyridine rings is 1. The standard InChI is InChI=1S/C20H28N2O2/c1-5-15(6-2)19(23)12-21-20(24)11-17-13(3)16-9-7-8-10-18(16)22-14(17)4/h7-10,15,19,23H,5-6,11-12H2,1-4H3,(H,21,24). The average molecular weight is 328 g/mol. The van der Waals surface area contributed by atoms with E-state index in [1.807, 2.05) is 38.1 Å². The summed E-state index contributed by atoms with van der Waals surface area (Å²) in [6.07, 6.45) is 1.65. The number of benzene rings is 1. The highest BCUT2D eigenvalue weighted by Crippen LogP contribution is 2.22. The molecular formula is C20H28N2O2. The van der Waals surface area contributed by atoms with E-state index in [4.69, 9.17) is 0 Å². The first-order valence-electron chi connectivity index (χ1n) is 8.77. The van der Waals surface area contributed by atoms with Gasteiger partial charge in [-0.25, -0.2) is 0 Å². The van der Waals surface area contributed by atoms with Gasteiger partial charge < -0.3 is 10.4 Å². The van der Waals surface area contributed by atoms with E-state index in [0.717, 1.165) is 40.6 Å². The summed E-state index contributed by atoms with van der Waals surface area (Å²) in [6.45, 7) is 8.42. The minimum Gasteiger partial charge on any atom is -0.391 e. The maximum atomic E-state index is 12.3. The van der Waals surface area contributed by atoms with Crippen LogP contribution in [-0.4, -0.2) is 28.6 Å². The summed E-state index contributed by atoms with van der Waals surface area (Å²) in [5.41, 5.74) is 3.93. The lowest BCUT2D eigenvalue weighted by Gasteiger charge is -2.20. The highest BCUT2D eigenvalue weighted by Gasteiger charge is 2.17. The number of fused-ring (bicyclic) bond motifs is 1. The lowest BCUT2D eigenvalue weighted by atomic mass is 9.96. The predicted octanol–water partition coefficient (Wildman–Crippen LogP) is 3.31. The molecule has 1 aromatic carbocycles. The number of para-hydroxylation sites is 1. The molecular weight excluding hydrogens is 300 g/mol. The minimum atomic E-state index is -0.485. The fourth-order valence-corrected chi connectivity index (χ4v) is 3.27. The Bertz CT molecular complexity index is 708. The Hall–Kier alpha value is -1.94. The van der Waals surface area contributed by atoms with Gasteiger partial charge in [-0.1, -0.05) is 44.9 Å². The van der Waals surface area contributed by atoms with Crippen LogP contribution in [0.4, 0.5) is 0 Å². The van der Waals surface area contributed by atoms with Crippen LogP contribution in [0.1, 0.15) is 43.5 Å². The first kappa shape index (κ1) is 18.4. The van der Waals surface area contributed by atoms with Crippen LogP contribution in [0.15, 0.2) is 24.3 Å². The molecule has 4 nitrogen and oxygen atoms in total. The van der Waals surface area contributed by atoms with E-state index in [9.17, 15) is 9.90 Å². The van der Waals surface area contributed by atoms with E-state index in [1.54, 1.807) is 0 Å². The molecule has 1 unspecified atom stereocenters. The van der Waals surface area contributed by atoms with Crippen molar-refractivity contribution < 1.29 is 9.90 Å². The molecule has 0 aliphatic carbocycles. The minimum absolute atomic E-state index is 0.0664. The van der Waals surface area contributed by atoms with Gasteiger partial charge in [0.2, 0.25) is 5.91 Å². The molecule has 0 fully saturated rings. The third-order valence-corrected chi connectivity index (χ3v) is 4.92. The fraction of sp³-hybridized carbons (Fsp3) is 0.500. The van der Waals surface area contributed by atoms with E-state index in [1.165, 1.54) is 0 Å². The summed E-state index contributed by atoms with van der Waals surface area (Å²) in [6, 6.07) is 7.99. The Morgan fingerprint density at radius 3 is 2.54 bits per heavy atom. The number of aliphatic hydroxyl groups is 1. The van der Waals surface area contributed by atoms with Crippen molar-refractivity contribution in [1.29, 1.82) is 0 Å². The zero-order valence-corrected chi connectivity index (χ0v) is 15.1. The molecule has 130 valence electrons. The normalized spacial score (nSPS) is 12.6. The van der Waals surface area contributed by atoms with Gasteiger partial charge in [0.05, 0.1) is 18.0 Å². The number of carbonyl (C=O) groups is 1. The Morgan fingerprint density at radius 1 is 1.21 bits per heavy atom. The second kappa shape index (κ2) is 8.25. The van der Waals surface area contributed by atoms with Crippen molar-refractivity contribution in [3.05, 3.63) is 41.1 Å². The van der Waals surface area contributed by atoms with Crippen molar-refractivity contribution >= 4 is 16.8 Å². The molecule has 0 bridgehead atoms. The van der Waals surface area contributed by atoms with Crippen LogP contribution in [0, 0.1) is 19.8 Å². The molecule has 0 aliphatic rings. The summed E-state index contributed by atoms with van der Waals surface area (Å²) in [4.78, 5) is 16.9. The smallest absolute Gasteiger partial charge is 0.224 e. The largest absolute Gasteiger partial charge is 0.391 e. The number of aliphatic hydroxyl groups excluding tert-OH is 1. The predicted molar refractivity (Wildman–Crippen MR) is 98.0 cm³/mol. The van der Waals surface area contributed by atoms with Gasteiger partial charge in [0, 0.05) is 17.6 Å². The van der Waals surface area contributed by atoms with E-state index >= 15 is 0 Å². The maximum absolute atomic E-state index is 12.3. The van der Waals surface area contributed by atoms with Gasteiger partial charge in [0.1, 0.15) is 0 Å².